The molecule has 0 radical (unpaired) electrons. The second kappa shape index (κ2) is 8.79. The first kappa shape index (κ1) is 20.9. The molecule has 7 nitrogen and oxygen atoms in total. The molecular formula is C24H28N4O3. The maximum Gasteiger partial charge on any atom is 0.257 e. The van der Waals surface area contributed by atoms with E-state index in [0.29, 0.717) is 34.3 Å². The Morgan fingerprint density at radius 3 is 2.71 bits per heavy atom. The number of hydrogen-bond acceptors (Lipinski definition) is 6. The fourth-order valence-electron chi connectivity index (χ4n) is 4.07. The van der Waals surface area contributed by atoms with E-state index in [0.717, 1.165) is 42.7 Å². The first-order chi connectivity index (χ1) is 15.0. The van der Waals surface area contributed by atoms with Crippen LogP contribution in [0.1, 0.15) is 35.8 Å². The van der Waals surface area contributed by atoms with Crippen molar-refractivity contribution < 1.29 is 14.3 Å². The largest absolute Gasteiger partial charge is 0.493 e. The normalized spacial score (nSPS) is 16.3. The number of anilines is 2. The van der Waals surface area contributed by atoms with E-state index < -0.39 is 0 Å². The molecule has 162 valence electrons. The number of carbonyl (C=O) groups is 1. The SMILES string of the molecule is COc1ccc(Nc2c(C(=O)N3CCC[C@@H](C)C3)cnc3nc(C)ccc23)cc1OC. The summed E-state index contributed by atoms with van der Waals surface area (Å²) in [7, 11) is 3.20. The van der Waals surface area contributed by atoms with Gasteiger partial charge >= 0.3 is 0 Å². The third kappa shape index (κ3) is 4.26. The van der Waals surface area contributed by atoms with Gasteiger partial charge in [-0.15, -0.1) is 0 Å². The molecule has 1 N–H and O–H groups in total. The first-order valence-electron chi connectivity index (χ1n) is 10.5. The van der Waals surface area contributed by atoms with Crippen molar-refractivity contribution in [2.75, 3.05) is 32.6 Å². The highest BCUT2D eigenvalue weighted by Gasteiger charge is 2.25. The van der Waals surface area contributed by atoms with Gasteiger partial charge in [0.25, 0.3) is 5.91 Å². The number of carbonyl (C=O) groups excluding carboxylic acids is 1. The van der Waals surface area contributed by atoms with Crippen molar-refractivity contribution in [2.45, 2.75) is 26.7 Å². The van der Waals surface area contributed by atoms with Gasteiger partial charge in [-0.25, -0.2) is 9.97 Å². The van der Waals surface area contributed by atoms with Crippen LogP contribution in [0.3, 0.4) is 0 Å². The van der Waals surface area contributed by atoms with Crippen LogP contribution in [-0.4, -0.2) is 48.1 Å². The lowest BCUT2D eigenvalue weighted by Crippen LogP contribution is -2.39. The number of pyridine rings is 2. The lowest BCUT2D eigenvalue weighted by atomic mass is 9.99. The average molecular weight is 421 g/mol. The molecule has 1 saturated heterocycles. The van der Waals surface area contributed by atoms with E-state index in [1.54, 1.807) is 20.4 Å². The van der Waals surface area contributed by atoms with Crippen LogP contribution in [0.25, 0.3) is 11.0 Å². The number of aryl methyl sites for hydroxylation is 1. The number of amides is 1. The maximum absolute atomic E-state index is 13.5. The molecule has 1 aliphatic rings. The fraction of sp³-hybridized carbons (Fsp3) is 0.375. The number of benzene rings is 1. The summed E-state index contributed by atoms with van der Waals surface area (Å²) in [5, 5.41) is 4.23. The zero-order chi connectivity index (χ0) is 22.0. The van der Waals surface area contributed by atoms with Crippen LogP contribution in [0.15, 0.2) is 36.5 Å². The van der Waals surface area contributed by atoms with Gasteiger partial charge in [0.1, 0.15) is 0 Å². The summed E-state index contributed by atoms with van der Waals surface area (Å²) in [4.78, 5) is 24.4. The molecule has 0 spiro atoms. The van der Waals surface area contributed by atoms with Crippen molar-refractivity contribution in [1.82, 2.24) is 14.9 Å². The summed E-state index contributed by atoms with van der Waals surface area (Å²) in [5.41, 5.74) is 3.51. The van der Waals surface area contributed by atoms with Gasteiger partial charge in [-0.3, -0.25) is 4.79 Å². The minimum atomic E-state index is -0.00972. The molecule has 1 aromatic carbocycles. The smallest absolute Gasteiger partial charge is 0.257 e. The van der Waals surface area contributed by atoms with Crippen molar-refractivity contribution in [2.24, 2.45) is 5.92 Å². The highest BCUT2D eigenvalue weighted by Crippen LogP contribution is 2.34. The van der Waals surface area contributed by atoms with Gasteiger partial charge in [-0.1, -0.05) is 6.92 Å². The standard InChI is InChI=1S/C24H28N4O3/c1-15-6-5-11-28(14-15)24(29)19-13-25-23-18(9-7-16(2)26-23)22(19)27-17-8-10-20(30-3)21(12-17)31-4/h7-10,12-13,15H,5-6,11,14H2,1-4H3,(H,25,26,27)/t15-/m1/s1. The molecule has 3 aromatic rings. The predicted molar refractivity (Wildman–Crippen MR) is 121 cm³/mol. The average Bonchev–Trinajstić information content (AvgIpc) is 2.78. The van der Waals surface area contributed by atoms with E-state index in [-0.39, 0.29) is 5.91 Å². The molecule has 1 aliphatic heterocycles. The molecular weight excluding hydrogens is 392 g/mol. The van der Waals surface area contributed by atoms with Crippen LogP contribution >= 0.6 is 0 Å². The topological polar surface area (TPSA) is 76.6 Å². The molecule has 0 unspecified atom stereocenters. The van der Waals surface area contributed by atoms with Crippen molar-refractivity contribution in [3.05, 3.63) is 47.8 Å². The molecule has 2 aromatic heterocycles. The second-order valence-corrected chi connectivity index (χ2v) is 8.06. The van der Waals surface area contributed by atoms with Gasteiger partial charge in [0.2, 0.25) is 0 Å². The van der Waals surface area contributed by atoms with Gasteiger partial charge in [0.15, 0.2) is 17.1 Å². The third-order valence-electron chi connectivity index (χ3n) is 5.70. The lowest BCUT2D eigenvalue weighted by Gasteiger charge is -2.31. The Balaban J connectivity index is 1.79. The van der Waals surface area contributed by atoms with Gasteiger partial charge in [0, 0.05) is 42.1 Å². The summed E-state index contributed by atoms with van der Waals surface area (Å²) < 4.78 is 10.8. The molecule has 4 rings (SSSR count). The van der Waals surface area contributed by atoms with Crippen LogP contribution in [0.5, 0.6) is 11.5 Å². The van der Waals surface area contributed by atoms with E-state index in [1.807, 2.05) is 42.2 Å². The molecule has 1 amide bonds. The Labute approximate surface area is 182 Å². The molecule has 1 fully saturated rings. The minimum absolute atomic E-state index is 0.00972. The number of fused-ring (bicyclic) bond motifs is 1. The predicted octanol–water partition coefficient (Wildman–Crippen LogP) is 4.57. The molecule has 31 heavy (non-hydrogen) atoms. The minimum Gasteiger partial charge on any atom is -0.493 e. The van der Waals surface area contributed by atoms with Gasteiger partial charge in [-0.05, 0) is 49.9 Å². The summed E-state index contributed by atoms with van der Waals surface area (Å²) in [6.07, 6.45) is 3.81. The Morgan fingerprint density at radius 2 is 1.97 bits per heavy atom. The van der Waals surface area contributed by atoms with Crippen molar-refractivity contribution >= 4 is 28.3 Å². The van der Waals surface area contributed by atoms with E-state index in [2.05, 4.69) is 22.2 Å². The molecule has 0 saturated carbocycles. The van der Waals surface area contributed by atoms with E-state index >= 15 is 0 Å². The number of likely N-dealkylation sites (tertiary alicyclic amines) is 1. The number of aromatic nitrogens is 2. The zero-order valence-corrected chi connectivity index (χ0v) is 18.4. The van der Waals surface area contributed by atoms with Crippen molar-refractivity contribution in [1.29, 1.82) is 0 Å². The number of hydrogen-bond donors (Lipinski definition) is 1. The Hall–Kier alpha value is -3.35. The highest BCUT2D eigenvalue weighted by atomic mass is 16.5. The second-order valence-electron chi connectivity index (χ2n) is 8.06. The number of methoxy groups -OCH3 is 2. The quantitative estimate of drug-likeness (QED) is 0.652. The number of rotatable bonds is 5. The molecule has 7 heteroatoms. The van der Waals surface area contributed by atoms with Crippen LogP contribution in [0.4, 0.5) is 11.4 Å². The van der Waals surface area contributed by atoms with E-state index in [1.165, 1.54) is 0 Å². The summed E-state index contributed by atoms with van der Waals surface area (Å²) in [5.74, 6) is 1.74. The number of ether oxygens (including phenoxy) is 2. The van der Waals surface area contributed by atoms with Crippen LogP contribution in [0, 0.1) is 12.8 Å². The first-order valence-corrected chi connectivity index (χ1v) is 10.5. The molecule has 0 aliphatic carbocycles. The highest BCUT2D eigenvalue weighted by molar-refractivity contribution is 6.07. The zero-order valence-electron chi connectivity index (χ0n) is 18.4. The number of piperidine rings is 1. The van der Waals surface area contributed by atoms with Gasteiger partial charge < -0.3 is 19.7 Å². The summed E-state index contributed by atoms with van der Waals surface area (Å²) >= 11 is 0. The lowest BCUT2D eigenvalue weighted by molar-refractivity contribution is 0.0684. The summed E-state index contributed by atoms with van der Waals surface area (Å²) in [6, 6.07) is 9.47. The van der Waals surface area contributed by atoms with Crippen molar-refractivity contribution in [3.8, 4) is 11.5 Å². The monoisotopic (exact) mass is 420 g/mol. The van der Waals surface area contributed by atoms with Crippen LogP contribution < -0.4 is 14.8 Å². The Bertz CT molecular complexity index is 1120. The molecule has 0 bridgehead atoms. The Kier molecular flexibility index (Phi) is 5.93. The van der Waals surface area contributed by atoms with Gasteiger partial charge in [0.05, 0.1) is 25.5 Å². The van der Waals surface area contributed by atoms with Gasteiger partial charge in [-0.2, -0.15) is 0 Å². The molecule has 1 atom stereocenters. The van der Waals surface area contributed by atoms with Crippen LogP contribution in [0.2, 0.25) is 0 Å². The van der Waals surface area contributed by atoms with E-state index in [9.17, 15) is 4.79 Å². The molecule has 3 heterocycles. The number of nitrogens with zero attached hydrogens (tertiary/aromatic N) is 3. The fourth-order valence-corrected chi connectivity index (χ4v) is 4.07. The van der Waals surface area contributed by atoms with Crippen molar-refractivity contribution in [3.63, 3.8) is 0 Å². The Morgan fingerprint density at radius 1 is 1.16 bits per heavy atom. The summed E-state index contributed by atoms with van der Waals surface area (Å²) in [6.45, 7) is 5.65. The third-order valence-corrected chi connectivity index (χ3v) is 5.70. The number of nitrogens with one attached hydrogen (secondary N) is 1. The van der Waals surface area contributed by atoms with Crippen LogP contribution in [-0.2, 0) is 0 Å². The maximum atomic E-state index is 13.5. The van der Waals surface area contributed by atoms with E-state index in [4.69, 9.17) is 9.47 Å².